The molecule has 0 saturated heterocycles. The van der Waals surface area contributed by atoms with Gasteiger partial charge in [0.25, 0.3) is 0 Å². The van der Waals surface area contributed by atoms with Crippen molar-refractivity contribution in [3.8, 4) is 0 Å². The van der Waals surface area contributed by atoms with E-state index < -0.39 is 17.4 Å². The second-order valence-electron chi connectivity index (χ2n) is 6.11. The van der Waals surface area contributed by atoms with E-state index >= 15 is 0 Å². The van der Waals surface area contributed by atoms with E-state index in [-0.39, 0.29) is 53.1 Å². The molecule has 0 atom stereocenters. The zero-order valence-electron chi connectivity index (χ0n) is 13.1. The Hall–Kier alpha value is -2.24. The van der Waals surface area contributed by atoms with Crippen LogP contribution in [0.4, 0.5) is 0 Å². The van der Waals surface area contributed by atoms with Crippen molar-refractivity contribution in [2.45, 2.75) is 47.0 Å². The molecule has 0 aromatic heterocycles. The Morgan fingerprint density at radius 2 is 1.50 bits per heavy atom. The Balaban J connectivity index is 3.26. The molecule has 120 valence electrons. The highest BCUT2D eigenvalue weighted by Gasteiger charge is 2.39. The molecule has 0 saturated carbocycles. The third-order valence-corrected chi connectivity index (χ3v) is 3.87. The van der Waals surface area contributed by atoms with Crippen LogP contribution in [0.1, 0.15) is 47.0 Å². The van der Waals surface area contributed by atoms with Crippen molar-refractivity contribution in [1.29, 1.82) is 0 Å². The molecular weight excluding hydrogens is 288 g/mol. The molecule has 0 heterocycles. The van der Waals surface area contributed by atoms with E-state index in [1.54, 1.807) is 13.8 Å². The molecule has 22 heavy (non-hydrogen) atoms. The van der Waals surface area contributed by atoms with E-state index in [4.69, 9.17) is 10.2 Å². The summed E-state index contributed by atoms with van der Waals surface area (Å²) in [5.74, 6) is -2.83. The number of carbonyl (C=O) groups excluding carboxylic acids is 2. The van der Waals surface area contributed by atoms with Gasteiger partial charge in [-0.15, -0.1) is 0 Å². The molecule has 6 nitrogen and oxygen atoms in total. The molecule has 1 aliphatic carbocycles. The summed E-state index contributed by atoms with van der Waals surface area (Å²) in [6.45, 7) is 6.20. The highest BCUT2D eigenvalue weighted by Crippen LogP contribution is 2.39. The highest BCUT2D eigenvalue weighted by molar-refractivity contribution is 6.25. The van der Waals surface area contributed by atoms with Crippen LogP contribution in [0.2, 0.25) is 0 Å². The summed E-state index contributed by atoms with van der Waals surface area (Å²) < 4.78 is 0. The van der Waals surface area contributed by atoms with E-state index in [0.29, 0.717) is 0 Å². The fraction of sp³-hybridized carbons (Fsp3) is 0.500. The molecule has 0 aromatic carbocycles. The molecule has 1 rings (SSSR count). The summed E-state index contributed by atoms with van der Waals surface area (Å²) in [5, 5.41) is 17.7. The van der Waals surface area contributed by atoms with Gasteiger partial charge in [0.1, 0.15) is 0 Å². The fourth-order valence-corrected chi connectivity index (χ4v) is 2.82. The van der Waals surface area contributed by atoms with Gasteiger partial charge in [-0.05, 0) is 20.3 Å². The average molecular weight is 308 g/mol. The van der Waals surface area contributed by atoms with Crippen LogP contribution in [0.15, 0.2) is 22.3 Å². The standard InChI is InChI=1S/C16H20O6/c1-8-10(5-6-11(17)18)14(21)9(2)13(15(8)22)16(3,4)7-12(19)20/h5-7H2,1-4H3,(H,17,18)(H,19,20). The van der Waals surface area contributed by atoms with Gasteiger partial charge < -0.3 is 10.2 Å². The lowest BCUT2D eigenvalue weighted by Gasteiger charge is -2.31. The Labute approximate surface area is 128 Å². The maximum Gasteiger partial charge on any atom is 0.304 e. The quantitative estimate of drug-likeness (QED) is 0.728. The lowest BCUT2D eigenvalue weighted by molar-refractivity contribution is -0.139. The van der Waals surface area contributed by atoms with Crippen LogP contribution < -0.4 is 0 Å². The lowest BCUT2D eigenvalue weighted by Crippen LogP contribution is -2.32. The molecule has 0 aliphatic heterocycles. The topological polar surface area (TPSA) is 109 Å². The molecule has 0 spiro atoms. The van der Waals surface area contributed by atoms with Crippen molar-refractivity contribution in [2.24, 2.45) is 5.41 Å². The maximum atomic E-state index is 12.6. The Morgan fingerprint density at radius 3 is 1.95 bits per heavy atom. The normalized spacial score (nSPS) is 16.4. The van der Waals surface area contributed by atoms with Gasteiger partial charge in [-0.25, -0.2) is 0 Å². The van der Waals surface area contributed by atoms with Crippen LogP contribution in [0.5, 0.6) is 0 Å². The van der Waals surface area contributed by atoms with E-state index in [9.17, 15) is 19.2 Å². The summed E-state index contributed by atoms with van der Waals surface area (Å²) >= 11 is 0. The summed E-state index contributed by atoms with van der Waals surface area (Å²) in [5.41, 5.74) is -0.133. The number of hydrogen-bond acceptors (Lipinski definition) is 4. The van der Waals surface area contributed by atoms with Gasteiger partial charge in [0.05, 0.1) is 6.42 Å². The van der Waals surface area contributed by atoms with Crippen LogP contribution in [-0.4, -0.2) is 33.7 Å². The van der Waals surface area contributed by atoms with Crippen LogP contribution in [0.25, 0.3) is 0 Å². The van der Waals surface area contributed by atoms with Crippen molar-refractivity contribution in [3.05, 3.63) is 22.3 Å². The molecule has 0 aromatic rings. The minimum Gasteiger partial charge on any atom is -0.481 e. The molecule has 0 bridgehead atoms. The highest BCUT2D eigenvalue weighted by atomic mass is 16.4. The van der Waals surface area contributed by atoms with Crippen molar-refractivity contribution < 1.29 is 29.4 Å². The summed E-state index contributed by atoms with van der Waals surface area (Å²) in [4.78, 5) is 46.6. The van der Waals surface area contributed by atoms with E-state index in [1.807, 2.05) is 0 Å². The van der Waals surface area contributed by atoms with Crippen molar-refractivity contribution in [3.63, 3.8) is 0 Å². The number of allylic oxidation sites excluding steroid dienone is 4. The van der Waals surface area contributed by atoms with Crippen LogP contribution in [0, 0.1) is 5.41 Å². The van der Waals surface area contributed by atoms with E-state index in [0.717, 1.165) is 0 Å². The first kappa shape index (κ1) is 17.8. The van der Waals surface area contributed by atoms with Gasteiger partial charge in [0, 0.05) is 34.1 Å². The second-order valence-corrected chi connectivity index (χ2v) is 6.11. The van der Waals surface area contributed by atoms with Crippen molar-refractivity contribution >= 4 is 23.5 Å². The molecule has 0 radical (unpaired) electrons. The van der Waals surface area contributed by atoms with E-state index in [2.05, 4.69) is 0 Å². The molecule has 6 heteroatoms. The van der Waals surface area contributed by atoms with Crippen molar-refractivity contribution in [2.75, 3.05) is 0 Å². The van der Waals surface area contributed by atoms with Gasteiger partial charge in [-0.2, -0.15) is 0 Å². The SMILES string of the molecule is CC1=C(CCC(=O)O)C(=O)C(C)=C(C(C)(C)CC(=O)O)C1=O. The smallest absolute Gasteiger partial charge is 0.304 e. The minimum atomic E-state index is -1.05. The number of ketones is 2. The lowest BCUT2D eigenvalue weighted by atomic mass is 9.70. The molecule has 0 unspecified atom stereocenters. The number of carbonyl (C=O) groups is 4. The number of rotatable bonds is 6. The first-order valence-electron chi connectivity index (χ1n) is 6.93. The Bertz CT molecular complexity index is 619. The number of hydrogen-bond donors (Lipinski definition) is 2. The summed E-state index contributed by atoms with van der Waals surface area (Å²) in [6, 6.07) is 0. The predicted octanol–water partition coefficient (Wildman–Crippen LogP) is 2.14. The van der Waals surface area contributed by atoms with Gasteiger partial charge in [0.15, 0.2) is 11.6 Å². The Kier molecular flexibility index (Phi) is 5.06. The maximum absolute atomic E-state index is 12.6. The Morgan fingerprint density at radius 1 is 0.955 bits per heavy atom. The number of Topliss-reactive ketones (excluding diaryl/α,β-unsaturated/α-hetero) is 2. The average Bonchev–Trinajstić information content (AvgIpc) is 2.34. The van der Waals surface area contributed by atoms with Crippen LogP contribution in [0.3, 0.4) is 0 Å². The molecule has 2 N–H and O–H groups in total. The largest absolute Gasteiger partial charge is 0.481 e. The minimum absolute atomic E-state index is 0.00425. The van der Waals surface area contributed by atoms with Gasteiger partial charge in [0.2, 0.25) is 0 Å². The molecule has 0 fully saturated rings. The van der Waals surface area contributed by atoms with Crippen LogP contribution in [-0.2, 0) is 19.2 Å². The van der Waals surface area contributed by atoms with Gasteiger partial charge in [-0.3, -0.25) is 19.2 Å². The van der Waals surface area contributed by atoms with Gasteiger partial charge >= 0.3 is 11.9 Å². The zero-order chi connectivity index (χ0) is 17.2. The number of carboxylic acids is 2. The van der Waals surface area contributed by atoms with Gasteiger partial charge in [-0.1, -0.05) is 13.8 Å². The first-order chi connectivity index (χ1) is 9.99. The number of aliphatic carboxylic acids is 2. The van der Waals surface area contributed by atoms with E-state index in [1.165, 1.54) is 13.8 Å². The monoisotopic (exact) mass is 308 g/mol. The zero-order valence-corrected chi connectivity index (χ0v) is 13.1. The third kappa shape index (κ3) is 3.50. The third-order valence-electron chi connectivity index (χ3n) is 3.87. The van der Waals surface area contributed by atoms with Crippen LogP contribution >= 0.6 is 0 Å². The summed E-state index contributed by atoms with van der Waals surface area (Å²) in [7, 11) is 0. The first-order valence-corrected chi connectivity index (χ1v) is 6.93. The summed E-state index contributed by atoms with van der Waals surface area (Å²) in [6.07, 6.45) is -0.501. The number of carboxylic acid groups (broad SMARTS) is 2. The predicted molar refractivity (Wildman–Crippen MR) is 78.3 cm³/mol. The molecular formula is C16H20O6. The fourth-order valence-electron chi connectivity index (χ4n) is 2.82. The second kappa shape index (κ2) is 6.25. The molecule has 0 amide bonds. The van der Waals surface area contributed by atoms with Crippen molar-refractivity contribution in [1.82, 2.24) is 0 Å². The molecule has 1 aliphatic rings.